The Kier molecular flexibility index (Phi) is 22.3. The summed E-state index contributed by atoms with van der Waals surface area (Å²) in [6.07, 6.45) is 1.22. The lowest BCUT2D eigenvalue weighted by molar-refractivity contribution is -0.143. The highest BCUT2D eigenvalue weighted by Crippen LogP contribution is 2.06. The van der Waals surface area contributed by atoms with Gasteiger partial charge in [0.2, 0.25) is 0 Å². The van der Waals surface area contributed by atoms with Gasteiger partial charge in [-0.05, 0) is 36.1 Å². The van der Waals surface area contributed by atoms with Crippen LogP contribution in [0.4, 0.5) is 0 Å². The van der Waals surface area contributed by atoms with Crippen LogP contribution in [-0.2, 0) is 41.6 Å². The van der Waals surface area contributed by atoms with Gasteiger partial charge < -0.3 is 42.1 Å². The third-order valence-corrected chi connectivity index (χ3v) is 6.98. The van der Waals surface area contributed by atoms with Gasteiger partial charge in [0.05, 0.1) is 19.6 Å². The molecule has 11 N–H and O–H groups in total. The average molecular weight is 683 g/mol. The molecule has 0 amide bonds. The fourth-order valence-corrected chi connectivity index (χ4v) is 4.43. The molecule has 0 fully saturated rings. The molecule has 3 atom stereocenters. The number of carboxylic acids is 6. The molecule has 16 nitrogen and oxygen atoms in total. The van der Waals surface area contributed by atoms with Gasteiger partial charge in [-0.25, -0.2) is 0 Å². The maximum absolute atomic E-state index is 10.9. The number of nitrogens with zero attached hydrogens (tertiary/aromatic N) is 1. The molecule has 2 aromatic carbocycles. The van der Waals surface area contributed by atoms with E-state index in [-0.39, 0.29) is 31.8 Å². The number of nitrogens with two attached hydrogens (primary N) is 2. The Balaban J connectivity index is 0.000000679. The molecule has 3 unspecified atom stereocenters. The Morgan fingerprint density at radius 1 is 0.681 bits per heavy atom. The summed E-state index contributed by atoms with van der Waals surface area (Å²) in [6, 6.07) is 16.0. The Bertz CT molecular complexity index is 1220. The summed E-state index contributed by atoms with van der Waals surface area (Å²) >= 11 is 1.29. The zero-order chi connectivity index (χ0) is 35.8. The van der Waals surface area contributed by atoms with E-state index in [1.54, 1.807) is 12.1 Å². The van der Waals surface area contributed by atoms with Gasteiger partial charge in [-0.1, -0.05) is 60.7 Å². The topological polar surface area (TPSA) is 291 Å². The Hall–Kier alpha value is -4.55. The van der Waals surface area contributed by atoms with Gasteiger partial charge in [0.25, 0.3) is 0 Å². The largest absolute Gasteiger partial charge is 0.480 e. The lowest BCUT2D eigenvalue weighted by Gasteiger charge is -2.17. The van der Waals surface area contributed by atoms with Crippen LogP contribution in [0.2, 0.25) is 0 Å². The molecule has 2 rings (SSSR count). The SMILES string of the molecule is NC(CCSCC(N)C(=O)O)C(=O)O.O=C(O)CN(CCc1ccccc1)CC(=O)O.O=C(O)CNC(Cc1ccccc1)C(=O)O. The number of rotatable bonds is 20. The lowest BCUT2D eigenvalue weighted by atomic mass is 10.1. The number of thioether (sulfide) groups is 1. The number of carboxylic acid groups (broad SMARTS) is 6. The van der Waals surface area contributed by atoms with E-state index in [1.165, 1.54) is 16.7 Å². The van der Waals surface area contributed by atoms with Gasteiger partial charge in [0, 0.05) is 12.3 Å². The van der Waals surface area contributed by atoms with Gasteiger partial charge >= 0.3 is 35.8 Å². The highest BCUT2D eigenvalue weighted by atomic mass is 32.2. The Labute approximate surface area is 275 Å². The van der Waals surface area contributed by atoms with E-state index >= 15 is 0 Å². The molecule has 0 saturated carbocycles. The van der Waals surface area contributed by atoms with Crippen LogP contribution >= 0.6 is 11.8 Å². The van der Waals surface area contributed by atoms with Gasteiger partial charge in [0.1, 0.15) is 18.1 Å². The van der Waals surface area contributed by atoms with Crippen LogP contribution in [0.15, 0.2) is 60.7 Å². The van der Waals surface area contributed by atoms with E-state index in [2.05, 4.69) is 5.32 Å². The predicted octanol–water partition coefficient (Wildman–Crippen LogP) is -0.00970. The molecule has 0 spiro atoms. The first-order valence-electron chi connectivity index (χ1n) is 14.1. The summed E-state index contributed by atoms with van der Waals surface area (Å²) in [4.78, 5) is 64.3. The van der Waals surface area contributed by atoms with Crippen LogP contribution in [0.3, 0.4) is 0 Å². The van der Waals surface area contributed by atoms with Crippen molar-refractivity contribution in [2.24, 2.45) is 11.5 Å². The minimum absolute atomic E-state index is 0.251. The highest BCUT2D eigenvalue weighted by Gasteiger charge is 2.18. The fourth-order valence-electron chi connectivity index (χ4n) is 3.45. The molecule has 17 heteroatoms. The smallest absolute Gasteiger partial charge is 0.321 e. The van der Waals surface area contributed by atoms with E-state index < -0.39 is 53.9 Å². The number of benzene rings is 2. The number of hydrogen-bond donors (Lipinski definition) is 9. The van der Waals surface area contributed by atoms with Crippen molar-refractivity contribution in [1.82, 2.24) is 10.2 Å². The predicted molar refractivity (Wildman–Crippen MR) is 172 cm³/mol. The summed E-state index contributed by atoms with van der Waals surface area (Å²) in [6.45, 7) is -0.440. The highest BCUT2D eigenvalue weighted by molar-refractivity contribution is 7.99. The molecular formula is C30H42N4O12S. The van der Waals surface area contributed by atoms with E-state index in [9.17, 15) is 28.8 Å². The first kappa shape index (κ1) is 42.5. The number of aliphatic carboxylic acids is 6. The molecule has 0 saturated heterocycles. The van der Waals surface area contributed by atoms with Crippen LogP contribution in [-0.4, -0.2) is 127 Å². The second-order valence-electron chi connectivity index (χ2n) is 9.84. The van der Waals surface area contributed by atoms with E-state index in [4.69, 9.17) is 42.1 Å². The zero-order valence-electron chi connectivity index (χ0n) is 25.5. The van der Waals surface area contributed by atoms with Crippen molar-refractivity contribution in [3.8, 4) is 0 Å². The summed E-state index contributed by atoms with van der Waals surface area (Å²) < 4.78 is 0. The molecule has 0 aliphatic heterocycles. The lowest BCUT2D eigenvalue weighted by Crippen LogP contribution is -2.41. The van der Waals surface area contributed by atoms with Crippen molar-refractivity contribution in [3.05, 3.63) is 71.8 Å². The van der Waals surface area contributed by atoms with Gasteiger partial charge in [0.15, 0.2) is 0 Å². The van der Waals surface area contributed by atoms with Crippen molar-refractivity contribution in [1.29, 1.82) is 0 Å². The normalized spacial score (nSPS) is 12.2. The van der Waals surface area contributed by atoms with Crippen molar-refractivity contribution in [3.63, 3.8) is 0 Å². The third-order valence-electron chi connectivity index (χ3n) is 5.86. The summed E-state index contributed by atoms with van der Waals surface area (Å²) in [5.74, 6) is -5.49. The maximum Gasteiger partial charge on any atom is 0.321 e. The van der Waals surface area contributed by atoms with E-state index in [0.29, 0.717) is 25.1 Å². The summed E-state index contributed by atoms with van der Waals surface area (Å²) in [7, 11) is 0. The minimum Gasteiger partial charge on any atom is -0.480 e. The number of hydrogen-bond acceptors (Lipinski definition) is 11. The van der Waals surface area contributed by atoms with Gasteiger partial charge in [-0.2, -0.15) is 11.8 Å². The van der Waals surface area contributed by atoms with Crippen LogP contribution < -0.4 is 16.8 Å². The molecule has 0 bridgehead atoms. The van der Waals surface area contributed by atoms with Crippen molar-refractivity contribution in [2.45, 2.75) is 37.4 Å². The average Bonchev–Trinajstić information content (AvgIpc) is 3.00. The van der Waals surface area contributed by atoms with E-state index in [0.717, 1.165) is 11.1 Å². The monoisotopic (exact) mass is 682 g/mol. The first-order chi connectivity index (χ1) is 22.1. The van der Waals surface area contributed by atoms with Crippen LogP contribution in [0.1, 0.15) is 17.5 Å². The molecular weight excluding hydrogens is 640 g/mol. The molecule has 260 valence electrons. The van der Waals surface area contributed by atoms with Crippen LogP contribution in [0.25, 0.3) is 0 Å². The van der Waals surface area contributed by atoms with Crippen molar-refractivity contribution >= 4 is 47.6 Å². The third kappa shape index (κ3) is 23.4. The molecule has 0 aliphatic rings. The van der Waals surface area contributed by atoms with Crippen LogP contribution in [0, 0.1) is 0 Å². The van der Waals surface area contributed by atoms with Gasteiger partial charge in [-0.3, -0.25) is 39.0 Å². The molecule has 0 aliphatic carbocycles. The molecule has 0 heterocycles. The maximum atomic E-state index is 10.9. The van der Waals surface area contributed by atoms with Crippen LogP contribution in [0.5, 0.6) is 0 Å². The van der Waals surface area contributed by atoms with Crippen molar-refractivity contribution < 1.29 is 59.4 Å². The Morgan fingerprint density at radius 2 is 1.17 bits per heavy atom. The quantitative estimate of drug-likeness (QED) is 0.0830. The zero-order valence-corrected chi connectivity index (χ0v) is 26.3. The standard InChI is InChI=1S/C12H15NO4.C11H13NO4.C7H14N2O4S/c14-11(15)8-13(9-12(16)17)7-6-10-4-2-1-3-5-10;13-10(14)7-12-9(11(15)16)6-8-4-2-1-3-5-8;8-4(6(10)11)1-2-14-3-5(9)7(12)13/h1-5H,6-9H2,(H,14,15)(H,16,17);1-5,9,12H,6-7H2,(H,13,14)(H,15,16);4-5H,1-3,8-9H2,(H,10,11)(H,12,13). The molecule has 47 heavy (non-hydrogen) atoms. The van der Waals surface area contributed by atoms with Gasteiger partial charge in [-0.15, -0.1) is 0 Å². The number of nitrogens with one attached hydrogen (secondary N) is 1. The van der Waals surface area contributed by atoms with Crippen molar-refractivity contribution in [2.75, 3.05) is 37.7 Å². The summed E-state index contributed by atoms with van der Waals surface area (Å²) in [5.41, 5.74) is 12.4. The van der Waals surface area contributed by atoms with E-state index in [1.807, 2.05) is 48.5 Å². The Morgan fingerprint density at radius 3 is 1.60 bits per heavy atom. The fraction of sp³-hybridized carbons (Fsp3) is 0.400. The molecule has 2 aromatic rings. The number of carbonyl (C=O) groups is 6. The molecule has 0 aromatic heterocycles. The first-order valence-corrected chi connectivity index (χ1v) is 15.2. The minimum atomic E-state index is -1.07. The second kappa shape index (κ2) is 24.7. The second-order valence-corrected chi connectivity index (χ2v) is 11.0. The summed E-state index contributed by atoms with van der Waals surface area (Å²) in [5, 5.41) is 54.0. The molecule has 0 radical (unpaired) electrons.